The van der Waals surface area contributed by atoms with Gasteiger partial charge in [0.05, 0.1) is 16.7 Å². The average molecular weight is 451 g/mol. The van der Waals surface area contributed by atoms with Gasteiger partial charge < -0.3 is 15.0 Å². The van der Waals surface area contributed by atoms with Crippen molar-refractivity contribution >= 4 is 35.0 Å². The highest BCUT2D eigenvalue weighted by molar-refractivity contribution is 6.42. The van der Waals surface area contributed by atoms with Gasteiger partial charge in [-0.1, -0.05) is 54.4 Å². The summed E-state index contributed by atoms with van der Waals surface area (Å²) < 4.78 is 5.67. The number of hydrogen-bond acceptors (Lipinski definition) is 3. The van der Waals surface area contributed by atoms with E-state index in [1.807, 2.05) is 50.2 Å². The summed E-state index contributed by atoms with van der Waals surface area (Å²) in [4.78, 5) is 27.2. The molecule has 0 radical (unpaired) electrons. The third kappa shape index (κ3) is 7.22. The summed E-state index contributed by atoms with van der Waals surface area (Å²) in [6, 6.07) is 14.2. The minimum atomic E-state index is -0.554. The molecule has 2 amide bonds. The molecule has 0 aliphatic rings. The summed E-state index contributed by atoms with van der Waals surface area (Å²) in [5.41, 5.74) is 0.820. The third-order valence-electron chi connectivity index (χ3n) is 4.62. The zero-order valence-corrected chi connectivity index (χ0v) is 18.9. The van der Waals surface area contributed by atoms with Gasteiger partial charge in [-0.3, -0.25) is 9.59 Å². The molecule has 0 saturated carbocycles. The summed E-state index contributed by atoms with van der Waals surface area (Å²) in [5, 5.41) is 3.69. The number of ether oxygens (including phenoxy) is 1. The van der Waals surface area contributed by atoms with E-state index in [2.05, 4.69) is 5.32 Å². The Bertz CT molecular complexity index is 830. The maximum atomic E-state index is 13.1. The minimum absolute atomic E-state index is 0.101. The van der Waals surface area contributed by atoms with E-state index in [4.69, 9.17) is 27.9 Å². The van der Waals surface area contributed by atoms with Gasteiger partial charge in [-0.2, -0.15) is 0 Å². The number of hydrogen-bond donors (Lipinski definition) is 1. The Morgan fingerprint density at radius 1 is 1.07 bits per heavy atom. The number of para-hydroxylation sites is 1. The molecule has 0 aliphatic carbocycles. The molecule has 1 atom stereocenters. The van der Waals surface area contributed by atoms with Gasteiger partial charge in [-0.05, 0) is 49.6 Å². The van der Waals surface area contributed by atoms with Gasteiger partial charge in [0, 0.05) is 19.5 Å². The zero-order valence-electron chi connectivity index (χ0n) is 17.4. The molecular formula is C23H28Cl2N2O3. The van der Waals surface area contributed by atoms with Crippen molar-refractivity contribution in [3.05, 3.63) is 64.1 Å². The van der Waals surface area contributed by atoms with Gasteiger partial charge in [0.25, 0.3) is 0 Å². The van der Waals surface area contributed by atoms with E-state index in [1.165, 1.54) is 0 Å². The highest BCUT2D eigenvalue weighted by atomic mass is 35.5. The van der Waals surface area contributed by atoms with Crippen molar-refractivity contribution in [2.24, 2.45) is 0 Å². The number of carbonyl (C=O) groups is 2. The molecule has 0 saturated heterocycles. The van der Waals surface area contributed by atoms with Crippen LogP contribution in [0.1, 0.15) is 38.7 Å². The number of nitrogens with zero attached hydrogens (tertiary/aromatic N) is 1. The molecule has 7 heteroatoms. The molecule has 162 valence electrons. The topological polar surface area (TPSA) is 58.6 Å². The molecule has 0 fully saturated rings. The predicted octanol–water partition coefficient (Wildman–Crippen LogP) is 5.10. The second-order valence-electron chi connectivity index (χ2n) is 6.85. The molecule has 2 aromatic rings. The van der Waals surface area contributed by atoms with Crippen LogP contribution in [0.15, 0.2) is 48.5 Å². The molecule has 30 heavy (non-hydrogen) atoms. The Kier molecular flexibility index (Phi) is 9.98. The van der Waals surface area contributed by atoms with Crippen LogP contribution in [-0.4, -0.2) is 35.9 Å². The van der Waals surface area contributed by atoms with E-state index >= 15 is 0 Å². The zero-order chi connectivity index (χ0) is 21.9. The first-order valence-electron chi connectivity index (χ1n) is 10.1. The van der Waals surface area contributed by atoms with Crippen molar-refractivity contribution < 1.29 is 14.3 Å². The van der Waals surface area contributed by atoms with E-state index in [0.717, 1.165) is 11.3 Å². The van der Waals surface area contributed by atoms with Crippen molar-refractivity contribution in [1.29, 1.82) is 0 Å². The highest BCUT2D eigenvalue weighted by Crippen LogP contribution is 2.24. The Balaban J connectivity index is 2.07. The number of rotatable bonds is 11. The first-order chi connectivity index (χ1) is 14.5. The number of carbonyl (C=O) groups excluding carboxylic acids is 2. The lowest BCUT2D eigenvalue weighted by atomic mass is 10.1. The summed E-state index contributed by atoms with van der Waals surface area (Å²) in [6.45, 7) is 4.97. The molecule has 0 spiro atoms. The summed E-state index contributed by atoms with van der Waals surface area (Å²) in [5.74, 6) is 0.510. The monoisotopic (exact) mass is 450 g/mol. The molecule has 0 unspecified atom stereocenters. The van der Waals surface area contributed by atoms with Gasteiger partial charge in [-0.15, -0.1) is 0 Å². The lowest BCUT2D eigenvalue weighted by molar-refractivity contribution is -0.141. The van der Waals surface area contributed by atoms with Gasteiger partial charge in [0.15, 0.2) is 0 Å². The van der Waals surface area contributed by atoms with Gasteiger partial charge in [-0.25, -0.2) is 0 Å². The van der Waals surface area contributed by atoms with E-state index in [9.17, 15) is 9.59 Å². The van der Waals surface area contributed by atoms with Crippen LogP contribution in [0.3, 0.4) is 0 Å². The second kappa shape index (κ2) is 12.5. The van der Waals surface area contributed by atoms with E-state index in [0.29, 0.717) is 36.0 Å². The smallest absolute Gasteiger partial charge is 0.242 e. The quantitative estimate of drug-likeness (QED) is 0.484. The first kappa shape index (κ1) is 24.0. The molecule has 0 bridgehead atoms. The van der Waals surface area contributed by atoms with Crippen LogP contribution in [-0.2, 0) is 16.1 Å². The highest BCUT2D eigenvalue weighted by Gasteiger charge is 2.28. The number of benzene rings is 2. The molecule has 5 nitrogen and oxygen atoms in total. The number of nitrogens with one attached hydrogen (secondary N) is 1. The maximum Gasteiger partial charge on any atom is 0.242 e. The molecule has 2 aromatic carbocycles. The Labute approximate surface area is 188 Å². The van der Waals surface area contributed by atoms with Gasteiger partial charge in [0.1, 0.15) is 11.8 Å². The van der Waals surface area contributed by atoms with Crippen molar-refractivity contribution in [3.8, 4) is 5.75 Å². The van der Waals surface area contributed by atoms with Crippen LogP contribution in [0.25, 0.3) is 0 Å². The fourth-order valence-corrected chi connectivity index (χ4v) is 3.44. The van der Waals surface area contributed by atoms with Crippen molar-refractivity contribution in [2.75, 3.05) is 13.2 Å². The van der Waals surface area contributed by atoms with Crippen LogP contribution < -0.4 is 10.1 Å². The predicted molar refractivity (Wildman–Crippen MR) is 121 cm³/mol. The maximum absolute atomic E-state index is 13.1. The summed E-state index contributed by atoms with van der Waals surface area (Å²) in [6.07, 6.45) is 1.35. The van der Waals surface area contributed by atoms with E-state index in [1.54, 1.807) is 17.0 Å². The first-order valence-corrected chi connectivity index (χ1v) is 10.9. The van der Waals surface area contributed by atoms with Crippen LogP contribution in [0.5, 0.6) is 5.75 Å². The van der Waals surface area contributed by atoms with Crippen molar-refractivity contribution in [2.45, 2.75) is 45.7 Å². The summed E-state index contributed by atoms with van der Waals surface area (Å²) in [7, 11) is 0. The fourth-order valence-electron chi connectivity index (χ4n) is 3.12. The van der Waals surface area contributed by atoms with Crippen molar-refractivity contribution in [1.82, 2.24) is 10.2 Å². The Morgan fingerprint density at radius 3 is 2.43 bits per heavy atom. The standard InChI is InChI=1S/C23H28Cl2N2O3/c1-3-21(23(29)26-4-2)27(16-17-12-13-19(24)20(25)15-17)22(28)11-8-14-30-18-9-6-5-7-10-18/h5-7,9-10,12-13,15,21H,3-4,8,11,14,16H2,1-2H3,(H,26,29)/t21-/m1/s1. The second-order valence-corrected chi connectivity index (χ2v) is 7.67. The number of halogens is 2. The van der Waals surface area contributed by atoms with Crippen LogP contribution >= 0.6 is 23.2 Å². The van der Waals surface area contributed by atoms with Crippen LogP contribution in [0.2, 0.25) is 10.0 Å². The van der Waals surface area contributed by atoms with Gasteiger partial charge >= 0.3 is 0 Å². The van der Waals surface area contributed by atoms with Crippen LogP contribution in [0.4, 0.5) is 0 Å². The lowest BCUT2D eigenvalue weighted by Gasteiger charge is -2.30. The Morgan fingerprint density at radius 2 is 1.80 bits per heavy atom. The largest absolute Gasteiger partial charge is 0.494 e. The number of likely N-dealkylation sites (N-methyl/N-ethyl adjacent to an activating group) is 1. The number of amides is 2. The SMILES string of the molecule is CCNC(=O)[C@@H](CC)N(Cc1ccc(Cl)c(Cl)c1)C(=O)CCCOc1ccccc1. The summed E-state index contributed by atoms with van der Waals surface area (Å²) >= 11 is 12.1. The molecule has 1 N–H and O–H groups in total. The molecular weight excluding hydrogens is 423 g/mol. The molecule has 0 aromatic heterocycles. The average Bonchev–Trinajstić information content (AvgIpc) is 2.74. The minimum Gasteiger partial charge on any atom is -0.494 e. The lowest BCUT2D eigenvalue weighted by Crippen LogP contribution is -2.49. The van der Waals surface area contributed by atoms with E-state index in [-0.39, 0.29) is 24.8 Å². The van der Waals surface area contributed by atoms with Crippen LogP contribution in [0, 0.1) is 0 Å². The normalized spacial score (nSPS) is 11.6. The molecule has 0 heterocycles. The van der Waals surface area contributed by atoms with E-state index < -0.39 is 6.04 Å². The molecule has 0 aliphatic heterocycles. The Hall–Kier alpha value is -2.24. The third-order valence-corrected chi connectivity index (χ3v) is 5.36. The molecule has 2 rings (SSSR count). The van der Waals surface area contributed by atoms with Crippen molar-refractivity contribution in [3.63, 3.8) is 0 Å². The fraction of sp³-hybridized carbons (Fsp3) is 0.391. The van der Waals surface area contributed by atoms with Gasteiger partial charge in [0.2, 0.25) is 11.8 Å².